The van der Waals surface area contributed by atoms with E-state index in [1.54, 1.807) is 13.8 Å². The van der Waals surface area contributed by atoms with Crippen LogP contribution in [0.3, 0.4) is 0 Å². The largest absolute Gasteiger partial charge is 0.452 e. The Kier molecular flexibility index (Phi) is 8.32. The van der Waals surface area contributed by atoms with E-state index in [2.05, 4.69) is 15.5 Å². The zero-order chi connectivity index (χ0) is 17.4. The molecule has 1 aliphatic heterocycles. The molecule has 0 bridgehead atoms. The molecule has 3 amide bonds. The van der Waals surface area contributed by atoms with Crippen molar-refractivity contribution < 1.29 is 19.1 Å². The van der Waals surface area contributed by atoms with Gasteiger partial charge in [-0.25, -0.2) is 4.79 Å². The highest BCUT2D eigenvalue weighted by Crippen LogP contribution is 2.16. The van der Waals surface area contributed by atoms with E-state index in [0.717, 1.165) is 25.9 Å². The molecule has 0 aromatic rings. The van der Waals surface area contributed by atoms with Gasteiger partial charge in [-0.2, -0.15) is 0 Å². The molecule has 7 nitrogen and oxygen atoms in total. The van der Waals surface area contributed by atoms with E-state index < -0.39 is 24.0 Å². The van der Waals surface area contributed by atoms with Crippen molar-refractivity contribution in [1.82, 2.24) is 15.5 Å². The van der Waals surface area contributed by atoms with Crippen molar-refractivity contribution >= 4 is 46.2 Å². The highest BCUT2D eigenvalue weighted by molar-refractivity contribution is 8.23. The number of carbonyl (C=O) groups excluding carboxylic acids is 3. The Hall–Kier alpha value is -1.35. The molecule has 9 heteroatoms. The first-order chi connectivity index (χ1) is 10.8. The van der Waals surface area contributed by atoms with Crippen LogP contribution >= 0.6 is 24.0 Å². The summed E-state index contributed by atoms with van der Waals surface area (Å²) in [5.41, 5.74) is 0. The summed E-state index contributed by atoms with van der Waals surface area (Å²) in [6.07, 6.45) is 1.18. The first kappa shape index (κ1) is 19.7. The molecule has 1 heterocycles. The summed E-state index contributed by atoms with van der Waals surface area (Å²) in [4.78, 5) is 36.9. The maximum Gasteiger partial charge on any atom is 0.321 e. The molecule has 0 aromatic carbocycles. The van der Waals surface area contributed by atoms with Gasteiger partial charge in [0.25, 0.3) is 5.91 Å². The van der Waals surface area contributed by atoms with Crippen LogP contribution in [0, 0.1) is 0 Å². The van der Waals surface area contributed by atoms with E-state index in [-0.39, 0.29) is 11.8 Å². The van der Waals surface area contributed by atoms with Crippen molar-refractivity contribution in [2.24, 2.45) is 0 Å². The van der Waals surface area contributed by atoms with Gasteiger partial charge in [0.1, 0.15) is 4.32 Å². The molecule has 0 spiro atoms. The number of ether oxygens (including phenoxy) is 1. The molecule has 2 N–H and O–H groups in total. The average Bonchev–Trinajstić information content (AvgIpc) is 2.97. The maximum atomic E-state index is 11.7. The Bertz CT molecular complexity index is 465. The molecule has 1 aliphatic rings. The number of imide groups is 1. The van der Waals surface area contributed by atoms with E-state index >= 15 is 0 Å². The second-order valence-electron chi connectivity index (χ2n) is 5.50. The quantitative estimate of drug-likeness (QED) is 0.563. The van der Waals surface area contributed by atoms with Gasteiger partial charge < -0.3 is 15.0 Å². The van der Waals surface area contributed by atoms with Gasteiger partial charge in [-0.1, -0.05) is 24.0 Å². The van der Waals surface area contributed by atoms with Gasteiger partial charge in [-0.3, -0.25) is 14.9 Å². The molecule has 23 heavy (non-hydrogen) atoms. The van der Waals surface area contributed by atoms with E-state index in [4.69, 9.17) is 17.0 Å². The Morgan fingerprint density at radius 1 is 1.22 bits per heavy atom. The topological polar surface area (TPSA) is 87.7 Å². The smallest absolute Gasteiger partial charge is 0.321 e. The molecular weight excluding hydrogens is 338 g/mol. The SMILES string of the molecule is CC(C)NC(=O)NC(=O)[C@H](C)OC(=O)CSC(=S)N1CCCC1. The molecule has 1 saturated heterocycles. The van der Waals surface area contributed by atoms with Gasteiger partial charge >= 0.3 is 12.0 Å². The number of urea groups is 1. The third-order valence-electron chi connectivity index (χ3n) is 3.01. The van der Waals surface area contributed by atoms with Crippen LogP contribution in [0.4, 0.5) is 4.79 Å². The minimum absolute atomic E-state index is 0.0468. The number of hydrogen-bond acceptors (Lipinski definition) is 6. The highest BCUT2D eigenvalue weighted by atomic mass is 32.2. The fourth-order valence-electron chi connectivity index (χ4n) is 1.91. The summed E-state index contributed by atoms with van der Waals surface area (Å²) in [7, 11) is 0. The fourth-order valence-corrected chi connectivity index (χ4v) is 2.94. The highest BCUT2D eigenvalue weighted by Gasteiger charge is 2.21. The Labute approximate surface area is 145 Å². The number of esters is 1. The van der Waals surface area contributed by atoms with Crippen molar-refractivity contribution in [3.05, 3.63) is 0 Å². The van der Waals surface area contributed by atoms with Gasteiger partial charge in [-0.05, 0) is 33.6 Å². The lowest BCUT2D eigenvalue weighted by Crippen LogP contribution is -2.46. The molecule has 0 aromatic heterocycles. The summed E-state index contributed by atoms with van der Waals surface area (Å²) < 4.78 is 5.68. The zero-order valence-corrected chi connectivity index (χ0v) is 15.2. The molecule has 0 radical (unpaired) electrons. The van der Waals surface area contributed by atoms with Gasteiger partial charge in [0.15, 0.2) is 6.10 Å². The number of carbonyl (C=O) groups is 3. The molecule has 0 aliphatic carbocycles. The first-order valence-corrected chi connectivity index (χ1v) is 8.91. The lowest BCUT2D eigenvalue weighted by molar-refractivity contribution is -0.151. The second-order valence-corrected chi connectivity index (χ2v) is 7.11. The molecule has 0 saturated carbocycles. The van der Waals surface area contributed by atoms with E-state index in [1.807, 2.05) is 0 Å². The van der Waals surface area contributed by atoms with Gasteiger partial charge in [0.2, 0.25) is 0 Å². The van der Waals surface area contributed by atoms with Crippen LogP contribution in [-0.2, 0) is 14.3 Å². The third-order valence-corrected chi connectivity index (χ3v) is 4.51. The van der Waals surface area contributed by atoms with E-state index in [0.29, 0.717) is 4.32 Å². The normalized spacial score (nSPS) is 15.2. The standard InChI is InChI=1S/C14H23N3O4S2/c1-9(2)15-13(20)16-12(19)10(3)21-11(18)8-23-14(22)17-6-4-5-7-17/h9-10H,4-8H2,1-3H3,(H2,15,16,19,20)/t10-/m0/s1. The van der Waals surface area contributed by atoms with Crippen LogP contribution in [0.2, 0.25) is 0 Å². The third kappa shape index (κ3) is 7.65. The zero-order valence-electron chi connectivity index (χ0n) is 13.6. The monoisotopic (exact) mass is 361 g/mol. The Morgan fingerprint density at radius 2 is 1.83 bits per heavy atom. The van der Waals surface area contributed by atoms with E-state index in [1.165, 1.54) is 18.7 Å². The molecule has 130 valence electrons. The first-order valence-electron chi connectivity index (χ1n) is 7.52. The second kappa shape index (κ2) is 9.71. The van der Waals surface area contributed by atoms with Crippen LogP contribution in [0.5, 0.6) is 0 Å². The summed E-state index contributed by atoms with van der Waals surface area (Å²) in [6, 6.07) is -0.707. The molecule has 0 unspecified atom stereocenters. The number of likely N-dealkylation sites (tertiary alicyclic amines) is 1. The Morgan fingerprint density at radius 3 is 2.39 bits per heavy atom. The van der Waals surface area contributed by atoms with Crippen molar-refractivity contribution in [1.29, 1.82) is 0 Å². The number of amides is 3. The maximum absolute atomic E-state index is 11.7. The van der Waals surface area contributed by atoms with Gasteiger partial charge in [0, 0.05) is 19.1 Å². The summed E-state index contributed by atoms with van der Waals surface area (Å²) >= 11 is 6.47. The lowest BCUT2D eigenvalue weighted by atomic mass is 10.3. The van der Waals surface area contributed by atoms with Crippen LogP contribution < -0.4 is 10.6 Å². The summed E-state index contributed by atoms with van der Waals surface area (Å²) in [6.45, 7) is 6.80. The van der Waals surface area contributed by atoms with E-state index in [9.17, 15) is 14.4 Å². The van der Waals surface area contributed by atoms with Crippen molar-refractivity contribution in [2.75, 3.05) is 18.8 Å². The Balaban J connectivity index is 2.28. The molecule has 1 fully saturated rings. The molecular formula is C14H23N3O4S2. The number of thioether (sulfide) groups is 1. The van der Waals surface area contributed by atoms with Crippen LogP contribution in [-0.4, -0.2) is 58.1 Å². The van der Waals surface area contributed by atoms with Crippen molar-refractivity contribution in [2.45, 2.75) is 45.8 Å². The van der Waals surface area contributed by atoms with Gasteiger partial charge in [-0.15, -0.1) is 0 Å². The minimum Gasteiger partial charge on any atom is -0.452 e. The number of thiocarbonyl (C=S) groups is 1. The molecule has 1 atom stereocenters. The summed E-state index contributed by atoms with van der Waals surface area (Å²) in [5, 5.41) is 4.63. The minimum atomic E-state index is -1.04. The predicted octanol–water partition coefficient (Wildman–Crippen LogP) is 1.27. The van der Waals surface area contributed by atoms with Crippen molar-refractivity contribution in [3.8, 4) is 0 Å². The summed E-state index contributed by atoms with van der Waals surface area (Å²) in [5.74, 6) is -1.16. The average molecular weight is 361 g/mol. The van der Waals surface area contributed by atoms with Crippen LogP contribution in [0.1, 0.15) is 33.6 Å². The lowest BCUT2D eigenvalue weighted by Gasteiger charge is -2.18. The van der Waals surface area contributed by atoms with Gasteiger partial charge in [0.05, 0.1) is 5.75 Å². The van der Waals surface area contributed by atoms with Crippen LogP contribution in [0.25, 0.3) is 0 Å². The fraction of sp³-hybridized carbons (Fsp3) is 0.714. The number of hydrogen-bond donors (Lipinski definition) is 2. The predicted molar refractivity (Wildman–Crippen MR) is 93.2 cm³/mol. The number of rotatable bonds is 5. The van der Waals surface area contributed by atoms with Crippen molar-refractivity contribution in [3.63, 3.8) is 0 Å². The number of nitrogens with one attached hydrogen (secondary N) is 2. The molecule has 1 rings (SSSR count). The van der Waals surface area contributed by atoms with Crippen LogP contribution in [0.15, 0.2) is 0 Å². The number of nitrogens with zero attached hydrogens (tertiary/aromatic N) is 1.